The van der Waals surface area contributed by atoms with Gasteiger partial charge in [0.2, 0.25) is 0 Å². The van der Waals surface area contributed by atoms with E-state index in [1.54, 1.807) is 12.1 Å². The van der Waals surface area contributed by atoms with Gasteiger partial charge < -0.3 is 4.90 Å². The van der Waals surface area contributed by atoms with Gasteiger partial charge in [-0.25, -0.2) is 9.35 Å². The fourth-order valence-corrected chi connectivity index (χ4v) is 4.04. The summed E-state index contributed by atoms with van der Waals surface area (Å²) in [4.78, 5) is 2.78. The van der Waals surface area contributed by atoms with Crippen molar-refractivity contribution >= 4 is 39.3 Å². The van der Waals surface area contributed by atoms with Crippen molar-refractivity contribution in [3.05, 3.63) is 59.7 Å². The minimum Gasteiger partial charge on any atom is -0.309 e. The third-order valence-electron chi connectivity index (χ3n) is 4.23. The molecule has 0 fully saturated rings. The number of hydrogen-bond acceptors (Lipinski definition) is 5. The first kappa shape index (κ1) is 22.4. The van der Waals surface area contributed by atoms with Crippen LogP contribution in [0.3, 0.4) is 0 Å². The standard InChI is InChI=1S/C13H17N.C6H5N3OS2.C2H6/c1-14(2)10-9-12-8-7-11-5-3-4-6-13(11)12;7-12(10)5-3-1-2-4-6(5)9-11-8-4;1-2/h3-6,8H,7,9-10H2,1-2H3;1-3H,7H2;1-2H3. The molecule has 0 saturated carbocycles. The third-order valence-corrected chi connectivity index (χ3v) is 5.53. The van der Waals surface area contributed by atoms with Gasteiger partial charge in [-0.3, -0.25) is 0 Å². The summed E-state index contributed by atoms with van der Waals surface area (Å²) >= 11 is 1.09. The van der Waals surface area contributed by atoms with Crippen LogP contribution in [0.25, 0.3) is 16.6 Å². The van der Waals surface area contributed by atoms with E-state index in [0.29, 0.717) is 10.4 Å². The molecule has 4 rings (SSSR count). The number of aromatic nitrogens is 2. The average Bonchev–Trinajstić information content (AvgIpc) is 3.35. The third kappa shape index (κ3) is 5.78. The molecule has 2 N–H and O–H groups in total. The van der Waals surface area contributed by atoms with E-state index in [0.717, 1.165) is 30.2 Å². The van der Waals surface area contributed by atoms with Gasteiger partial charge in [0.1, 0.15) is 22.0 Å². The van der Waals surface area contributed by atoms with Crippen LogP contribution in [0, 0.1) is 0 Å². The molecule has 1 atom stereocenters. The molecule has 0 spiro atoms. The lowest BCUT2D eigenvalue weighted by Gasteiger charge is -2.10. The van der Waals surface area contributed by atoms with Crippen molar-refractivity contribution in [3.63, 3.8) is 0 Å². The first-order valence-electron chi connectivity index (χ1n) is 9.35. The van der Waals surface area contributed by atoms with E-state index in [9.17, 15) is 4.21 Å². The molecule has 0 bridgehead atoms. The van der Waals surface area contributed by atoms with Gasteiger partial charge in [0, 0.05) is 6.54 Å². The van der Waals surface area contributed by atoms with Crippen molar-refractivity contribution in [1.82, 2.24) is 13.6 Å². The zero-order valence-corrected chi connectivity index (χ0v) is 18.5. The Morgan fingerprint density at radius 1 is 1.11 bits per heavy atom. The molecule has 1 aliphatic carbocycles. The van der Waals surface area contributed by atoms with Crippen molar-refractivity contribution in [1.29, 1.82) is 0 Å². The summed E-state index contributed by atoms with van der Waals surface area (Å²) in [6.45, 7) is 5.14. The van der Waals surface area contributed by atoms with Crippen LogP contribution in [-0.2, 0) is 17.4 Å². The second kappa shape index (κ2) is 11.2. The molecule has 0 radical (unpaired) electrons. The summed E-state index contributed by atoms with van der Waals surface area (Å²) in [6, 6.07) is 14.0. The molecule has 1 aliphatic rings. The Morgan fingerprint density at radius 2 is 1.86 bits per heavy atom. The summed E-state index contributed by atoms with van der Waals surface area (Å²) in [5, 5.41) is 5.25. The minimum absolute atomic E-state index is 0.543. The molecule has 150 valence electrons. The van der Waals surface area contributed by atoms with Crippen LogP contribution in [0.4, 0.5) is 0 Å². The zero-order valence-electron chi connectivity index (χ0n) is 16.9. The van der Waals surface area contributed by atoms with E-state index in [2.05, 4.69) is 58.1 Å². The molecule has 3 aromatic rings. The number of fused-ring (bicyclic) bond motifs is 2. The molecule has 0 amide bonds. The van der Waals surface area contributed by atoms with E-state index in [1.165, 1.54) is 23.1 Å². The monoisotopic (exact) mass is 416 g/mol. The second-order valence-corrected chi connectivity index (χ2v) is 7.89. The molecule has 1 heterocycles. The number of benzene rings is 2. The Morgan fingerprint density at radius 3 is 2.57 bits per heavy atom. The predicted octanol–water partition coefficient (Wildman–Crippen LogP) is 4.28. The Labute approximate surface area is 174 Å². The predicted molar refractivity (Wildman–Crippen MR) is 121 cm³/mol. The van der Waals surface area contributed by atoms with Gasteiger partial charge in [-0.05, 0) is 55.8 Å². The molecule has 1 unspecified atom stereocenters. The van der Waals surface area contributed by atoms with Gasteiger partial charge in [-0.1, -0.05) is 50.3 Å². The van der Waals surface area contributed by atoms with E-state index in [-0.39, 0.29) is 0 Å². The van der Waals surface area contributed by atoms with Crippen molar-refractivity contribution < 1.29 is 4.21 Å². The summed E-state index contributed by atoms with van der Waals surface area (Å²) in [6.07, 6.45) is 4.66. The average molecular weight is 417 g/mol. The fourth-order valence-electron chi connectivity index (χ4n) is 2.88. The van der Waals surface area contributed by atoms with E-state index in [4.69, 9.17) is 5.14 Å². The van der Waals surface area contributed by atoms with Crippen LogP contribution >= 0.6 is 11.7 Å². The molecular formula is C21H28N4OS2. The topological polar surface area (TPSA) is 72.1 Å². The minimum atomic E-state index is -1.48. The van der Waals surface area contributed by atoms with Gasteiger partial charge in [0.05, 0.1) is 16.6 Å². The highest BCUT2D eigenvalue weighted by atomic mass is 32.2. The highest BCUT2D eigenvalue weighted by Gasteiger charge is 2.12. The van der Waals surface area contributed by atoms with Crippen molar-refractivity contribution in [3.8, 4) is 0 Å². The van der Waals surface area contributed by atoms with Gasteiger partial charge in [0.15, 0.2) is 0 Å². The fraction of sp³-hybridized carbons (Fsp3) is 0.333. The molecule has 0 aliphatic heterocycles. The van der Waals surface area contributed by atoms with Crippen molar-refractivity contribution in [2.45, 2.75) is 31.6 Å². The Balaban J connectivity index is 0.000000186. The highest BCUT2D eigenvalue weighted by Crippen LogP contribution is 2.29. The van der Waals surface area contributed by atoms with Gasteiger partial charge in [-0.15, -0.1) is 0 Å². The van der Waals surface area contributed by atoms with Crippen LogP contribution in [0.15, 0.2) is 53.4 Å². The molecule has 1 aromatic heterocycles. The van der Waals surface area contributed by atoms with Crippen LogP contribution in [0.5, 0.6) is 0 Å². The molecule has 0 saturated heterocycles. The van der Waals surface area contributed by atoms with Crippen molar-refractivity contribution in [2.24, 2.45) is 5.14 Å². The molecule has 28 heavy (non-hydrogen) atoms. The lowest BCUT2D eigenvalue weighted by molar-refractivity contribution is 0.419. The van der Waals surface area contributed by atoms with Crippen LogP contribution in [0.1, 0.15) is 31.4 Å². The Bertz CT molecular complexity index is 950. The molecule has 5 nitrogen and oxygen atoms in total. The molecule has 2 aromatic carbocycles. The number of nitrogens with two attached hydrogens (primary N) is 1. The largest absolute Gasteiger partial charge is 0.309 e. The van der Waals surface area contributed by atoms with E-state index >= 15 is 0 Å². The molecular weight excluding hydrogens is 388 g/mol. The Hall–Kier alpha value is -1.93. The lowest BCUT2D eigenvalue weighted by Crippen LogP contribution is -2.13. The van der Waals surface area contributed by atoms with Crippen LogP contribution in [-0.4, -0.2) is 38.5 Å². The number of rotatable bonds is 4. The van der Waals surface area contributed by atoms with Crippen LogP contribution < -0.4 is 5.14 Å². The SMILES string of the molecule is CC.CN(C)CCC1=CCc2ccccc21.NS(=O)c1cccc2nsnc12. The van der Waals surface area contributed by atoms with E-state index in [1.807, 2.05) is 19.9 Å². The summed E-state index contributed by atoms with van der Waals surface area (Å²) < 4.78 is 19.0. The lowest BCUT2D eigenvalue weighted by atomic mass is 10.0. The highest BCUT2D eigenvalue weighted by molar-refractivity contribution is 7.83. The first-order valence-corrected chi connectivity index (χ1v) is 11.3. The Kier molecular flexibility index (Phi) is 8.92. The molecule has 7 heteroatoms. The van der Waals surface area contributed by atoms with Gasteiger partial charge in [-0.2, -0.15) is 8.75 Å². The first-order chi connectivity index (χ1) is 13.6. The quantitative estimate of drug-likeness (QED) is 0.689. The normalized spacial score (nSPS) is 13.1. The van der Waals surface area contributed by atoms with Crippen molar-refractivity contribution in [2.75, 3.05) is 20.6 Å². The number of hydrogen-bond donors (Lipinski definition) is 1. The maximum atomic E-state index is 11.0. The second-order valence-electron chi connectivity index (χ2n) is 6.33. The number of nitrogens with zero attached hydrogens (tertiary/aromatic N) is 3. The summed E-state index contributed by atoms with van der Waals surface area (Å²) in [7, 11) is 2.78. The maximum Gasteiger partial charge on any atom is 0.124 e. The van der Waals surface area contributed by atoms with Gasteiger partial charge >= 0.3 is 0 Å². The zero-order chi connectivity index (χ0) is 20.5. The number of allylic oxidation sites excluding steroid dienone is 1. The summed E-state index contributed by atoms with van der Waals surface area (Å²) in [5.41, 5.74) is 5.87. The summed E-state index contributed by atoms with van der Waals surface area (Å²) in [5.74, 6) is 0. The van der Waals surface area contributed by atoms with Gasteiger partial charge in [0.25, 0.3) is 0 Å². The van der Waals surface area contributed by atoms with E-state index < -0.39 is 11.0 Å². The maximum absolute atomic E-state index is 11.0. The smallest absolute Gasteiger partial charge is 0.124 e. The van der Waals surface area contributed by atoms with Crippen LogP contribution in [0.2, 0.25) is 0 Å².